The Morgan fingerprint density at radius 2 is 2.06 bits per heavy atom. The van der Waals surface area contributed by atoms with Crippen LogP contribution in [0.1, 0.15) is 26.7 Å². The molecule has 5 nitrogen and oxygen atoms in total. The summed E-state index contributed by atoms with van der Waals surface area (Å²) in [6.45, 7) is 4.97. The summed E-state index contributed by atoms with van der Waals surface area (Å²) in [4.78, 5) is 23.9. The van der Waals surface area contributed by atoms with Gasteiger partial charge >= 0.3 is 12.0 Å². The Morgan fingerprint density at radius 3 is 2.53 bits per heavy atom. The first-order valence-corrected chi connectivity index (χ1v) is 7.13. The Bertz CT molecular complexity index is 247. The first-order chi connectivity index (χ1) is 7.99. The highest BCUT2D eigenvalue weighted by atomic mass is 32.2. The molecule has 0 saturated heterocycles. The molecule has 100 valence electrons. The second-order valence-corrected chi connectivity index (χ2v) is 4.99. The lowest BCUT2D eigenvalue weighted by Gasteiger charge is -2.26. The number of nitrogens with one attached hydrogen (secondary N) is 1. The number of carbonyl (C=O) groups is 2. The third kappa shape index (κ3) is 7.90. The fraction of sp³-hybridized carbons (Fsp3) is 0.818. The zero-order valence-electron chi connectivity index (χ0n) is 10.7. The van der Waals surface area contributed by atoms with Crippen LogP contribution in [-0.2, 0) is 4.79 Å². The lowest BCUT2D eigenvalue weighted by molar-refractivity contribution is -0.137. The summed E-state index contributed by atoms with van der Waals surface area (Å²) in [7, 11) is 0. The molecule has 0 fully saturated rings. The minimum Gasteiger partial charge on any atom is -0.481 e. The molecule has 0 bridgehead atoms. The van der Waals surface area contributed by atoms with E-state index in [-0.39, 0.29) is 18.5 Å². The standard InChI is InChI=1S/C11H22N2O3S/c1-9(2)13(7-4-5-10(14)15)11(16)12-6-8-17-3/h9H,4-8H2,1-3H3,(H,12,16)(H,14,15). The van der Waals surface area contributed by atoms with Gasteiger partial charge in [0.25, 0.3) is 0 Å². The number of thioether (sulfide) groups is 1. The molecule has 0 aliphatic carbocycles. The maximum Gasteiger partial charge on any atom is 0.317 e. The van der Waals surface area contributed by atoms with E-state index in [2.05, 4.69) is 5.32 Å². The van der Waals surface area contributed by atoms with E-state index in [9.17, 15) is 9.59 Å². The predicted molar refractivity (Wildman–Crippen MR) is 70.5 cm³/mol. The molecule has 0 atom stereocenters. The lowest BCUT2D eigenvalue weighted by Crippen LogP contribution is -2.45. The Hall–Kier alpha value is -0.910. The van der Waals surface area contributed by atoms with Crippen LogP contribution in [0.2, 0.25) is 0 Å². The quantitative estimate of drug-likeness (QED) is 0.652. The van der Waals surface area contributed by atoms with Gasteiger partial charge in [-0.3, -0.25) is 4.79 Å². The van der Waals surface area contributed by atoms with Gasteiger partial charge in [0.15, 0.2) is 0 Å². The molecule has 0 heterocycles. The Balaban J connectivity index is 4.03. The van der Waals surface area contributed by atoms with Gasteiger partial charge in [0.2, 0.25) is 0 Å². The minimum atomic E-state index is -0.823. The zero-order chi connectivity index (χ0) is 13.3. The molecule has 2 amide bonds. The largest absolute Gasteiger partial charge is 0.481 e. The molecule has 0 aromatic carbocycles. The van der Waals surface area contributed by atoms with E-state index in [0.717, 1.165) is 5.75 Å². The number of carboxylic acid groups (broad SMARTS) is 1. The average Bonchev–Trinajstić information content (AvgIpc) is 2.23. The van der Waals surface area contributed by atoms with Gasteiger partial charge in [-0.15, -0.1) is 0 Å². The summed E-state index contributed by atoms with van der Waals surface area (Å²) < 4.78 is 0. The molecule has 2 N–H and O–H groups in total. The number of hydrogen-bond acceptors (Lipinski definition) is 3. The monoisotopic (exact) mass is 262 g/mol. The summed E-state index contributed by atoms with van der Waals surface area (Å²) in [5, 5.41) is 11.4. The number of amides is 2. The molecule has 0 unspecified atom stereocenters. The topological polar surface area (TPSA) is 69.6 Å². The van der Waals surface area contributed by atoms with Crippen LogP contribution >= 0.6 is 11.8 Å². The molecule has 0 aromatic rings. The molecule has 0 aliphatic heterocycles. The Morgan fingerprint density at radius 1 is 1.41 bits per heavy atom. The maximum absolute atomic E-state index is 11.8. The van der Waals surface area contributed by atoms with Crippen LogP contribution in [0.4, 0.5) is 4.79 Å². The van der Waals surface area contributed by atoms with Crippen LogP contribution in [0.5, 0.6) is 0 Å². The van der Waals surface area contributed by atoms with Gasteiger partial charge in [-0.05, 0) is 26.5 Å². The molecule has 0 radical (unpaired) electrons. The van der Waals surface area contributed by atoms with Crippen molar-refractivity contribution >= 4 is 23.8 Å². The molecule has 0 aromatic heterocycles. The van der Waals surface area contributed by atoms with Gasteiger partial charge in [-0.25, -0.2) is 4.79 Å². The summed E-state index contributed by atoms with van der Waals surface area (Å²) in [5.74, 6) is 0.0591. The van der Waals surface area contributed by atoms with Crippen molar-refractivity contribution in [2.45, 2.75) is 32.7 Å². The Labute approximate surface area is 107 Å². The summed E-state index contributed by atoms with van der Waals surface area (Å²) in [5.41, 5.74) is 0. The first-order valence-electron chi connectivity index (χ1n) is 5.74. The number of carbonyl (C=O) groups excluding carboxylic acids is 1. The lowest BCUT2D eigenvalue weighted by atomic mass is 10.2. The number of aliphatic carboxylic acids is 1. The molecule has 0 spiro atoms. The van der Waals surface area contributed by atoms with Gasteiger partial charge in [0.05, 0.1) is 0 Å². The minimum absolute atomic E-state index is 0.0816. The highest BCUT2D eigenvalue weighted by Crippen LogP contribution is 2.02. The van der Waals surface area contributed by atoms with Gasteiger partial charge in [-0.1, -0.05) is 0 Å². The van der Waals surface area contributed by atoms with E-state index in [1.165, 1.54) is 0 Å². The fourth-order valence-electron chi connectivity index (χ4n) is 1.36. The van der Waals surface area contributed by atoms with Crippen molar-refractivity contribution in [2.75, 3.05) is 25.1 Å². The summed E-state index contributed by atoms with van der Waals surface area (Å²) in [6, 6.07) is -0.0301. The smallest absolute Gasteiger partial charge is 0.317 e. The van der Waals surface area contributed by atoms with Gasteiger partial charge < -0.3 is 15.3 Å². The normalized spacial score (nSPS) is 10.4. The number of rotatable bonds is 8. The number of urea groups is 1. The van der Waals surface area contributed by atoms with Gasteiger partial charge in [0.1, 0.15) is 0 Å². The molecule has 0 saturated carbocycles. The van der Waals surface area contributed by atoms with Crippen LogP contribution in [0.15, 0.2) is 0 Å². The van der Waals surface area contributed by atoms with Crippen LogP contribution in [0.3, 0.4) is 0 Å². The number of hydrogen-bond donors (Lipinski definition) is 2. The van der Waals surface area contributed by atoms with Crippen molar-refractivity contribution in [1.29, 1.82) is 0 Å². The van der Waals surface area contributed by atoms with Crippen molar-refractivity contribution in [3.8, 4) is 0 Å². The second kappa shape index (κ2) is 9.15. The van der Waals surface area contributed by atoms with Crippen LogP contribution in [0.25, 0.3) is 0 Å². The average molecular weight is 262 g/mol. The third-order valence-corrected chi connectivity index (χ3v) is 2.87. The van der Waals surface area contributed by atoms with E-state index in [1.807, 2.05) is 20.1 Å². The van der Waals surface area contributed by atoms with Crippen LogP contribution in [0, 0.1) is 0 Å². The van der Waals surface area contributed by atoms with Crippen molar-refractivity contribution < 1.29 is 14.7 Å². The van der Waals surface area contributed by atoms with Crippen molar-refractivity contribution in [3.05, 3.63) is 0 Å². The van der Waals surface area contributed by atoms with Gasteiger partial charge in [0, 0.05) is 31.3 Å². The summed E-state index contributed by atoms with van der Waals surface area (Å²) >= 11 is 1.67. The maximum atomic E-state index is 11.8. The molecule has 6 heteroatoms. The van der Waals surface area contributed by atoms with Gasteiger partial charge in [-0.2, -0.15) is 11.8 Å². The highest BCUT2D eigenvalue weighted by Gasteiger charge is 2.16. The second-order valence-electron chi connectivity index (χ2n) is 4.01. The van der Waals surface area contributed by atoms with Crippen LogP contribution < -0.4 is 5.32 Å². The van der Waals surface area contributed by atoms with E-state index in [0.29, 0.717) is 19.5 Å². The van der Waals surface area contributed by atoms with E-state index in [1.54, 1.807) is 16.7 Å². The summed E-state index contributed by atoms with van der Waals surface area (Å²) in [6.07, 6.45) is 2.57. The zero-order valence-corrected chi connectivity index (χ0v) is 11.5. The molecule has 0 rings (SSSR count). The first kappa shape index (κ1) is 16.1. The van der Waals surface area contributed by atoms with E-state index >= 15 is 0 Å². The van der Waals surface area contributed by atoms with Crippen LogP contribution in [-0.4, -0.2) is 53.1 Å². The predicted octanol–water partition coefficient (Wildman–Crippen LogP) is 1.63. The fourth-order valence-corrected chi connectivity index (χ4v) is 1.66. The molecule has 17 heavy (non-hydrogen) atoms. The van der Waals surface area contributed by atoms with E-state index < -0.39 is 5.97 Å². The SMILES string of the molecule is CSCCNC(=O)N(CCCC(=O)O)C(C)C. The molecular weight excluding hydrogens is 240 g/mol. The molecular formula is C11H22N2O3S. The number of nitrogens with zero attached hydrogens (tertiary/aromatic N) is 1. The molecule has 0 aliphatic rings. The third-order valence-electron chi connectivity index (χ3n) is 2.26. The van der Waals surface area contributed by atoms with E-state index in [4.69, 9.17) is 5.11 Å². The highest BCUT2D eigenvalue weighted by molar-refractivity contribution is 7.98. The number of carboxylic acids is 1. The van der Waals surface area contributed by atoms with Crippen molar-refractivity contribution in [2.24, 2.45) is 0 Å². The Kier molecular flexibility index (Phi) is 8.66. The van der Waals surface area contributed by atoms with Crippen molar-refractivity contribution in [3.63, 3.8) is 0 Å². The van der Waals surface area contributed by atoms with Crippen molar-refractivity contribution in [1.82, 2.24) is 10.2 Å².